The fourth-order valence-corrected chi connectivity index (χ4v) is 3.72. The van der Waals surface area contributed by atoms with E-state index in [4.69, 9.17) is 9.47 Å². The van der Waals surface area contributed by atoms with Gasteiger partial charge in [0.25, 0.3) is 0 Å². The van der Waals surface area contributed by atoms with Gasteiger partial charge in [-0.15, -0.1) is 0 Å². The molecule has 0 bridgehead atoms. The highest BCUT2D eigenvalue weighted by Gasteiger charge is 2.24. The predicted molar refractivity (Wildman–Crippen MR) is 84.8 cm³/mol. The van der Waals surface area contributed by atoms with Gasteiger partial charge in [-0.3, -0.25) is 0 Å². The molecule has 2 aliphatic rings. The average molecular weight is 289 g/mol. The van der Waals surface area contributed by atoms with Crippen LogP contribution < -0.4 is 14.8 Å². The van der Waals surface area contributed by atoms with Crippen molar-refractivity contribution >= 4 is 0 Å². The molecule has 3 heteroatoms. The molecule has 3 rings (SSSR count). The third-order valence-electron chi connectivity index (χ3n) is 5.02. The first-order valence-corrected chi connectivity index (χ1v) is 8.43. The summed E-state index contributed by atoms with van der Waals surface area (Å²) >= 11 is 0. The van der Waals surface area contributed by atoms with Gasteiger partial charge in [0.15, 0.2) is 11.5 Å². The lowest BCUT2D eigenvalue weighted by Crippen LogP contribution is -2.38. The fraction of sp³-hybridized carbons (Fsp3) is 0.667. The topological polar surface area (TPSA) is 30.5 Å². The van der Waals surface area contributed by atoms with Gasteiger partial charge >= 0.3 is 0 Å². The second kappa shape index (κ2) is 6.69. The summed E-state index contributed by atoms with van der Waals surface area (Å²) in [6, 6.07) is 7.28. The average Bonchev–Trinajstić information content (AvgIpc) is 3.00. The maximum atomic E-state index is 5.49. The van der Waals surface area contributed by atoms with Crippen molar-refractivity contribution in [1.82, 2.24) is 5.32 Å². The van der Waals surface area contributed by atoms with Crippen molar-refractivity contribution in [3.05, 3.63) is 23.8 Å². The molecule has 0 saturated heterocycles. The molecule has 1 saturated carbocycles. The minimum atomic E-state index is 0.347. The molecule has 1 aromatic rings. The van der Waals surface area contributed by atoms with Gasteiger partial charge in [0, 0.05) is 12.1 Å². The molecule has 3 nitrogen and oxygen atoms in total. The van der Waals surface area contributed by atoms with E-state index in [1.54, 1.807) is 0 Å². The Balaban J connectivity index is 1.65. The SMILES string of the molecule is CCC(NC(C)c1ccc2c(c1)OCO2)C1CCCCC1. The van der Waals surface area contributed by atoms with Crippen molar-refractivity contribution in [3.63, 3.8) is 0 Å². The molecule has 0 radical (unpaired) electrons. The predicted octanol–water partition coefficient (Wildman–Crippen LogP) is 4.42. The normalized spacial score (nSPS) is 21.2. The lowest BCUT2D eigenvalue weighted by molar-refractivity contribution is 0.174. The van der Waals surface area contributed by atoms with E-state index in [9.17, 15) is 0 Å². The first-order valence-electron chi connectivity index (χ1n) is 8.43. The summed E-state index contributed by atoms with van der Waals surface area (Å²) in [6.45, 7) is 4.90. The minimum absolute atomic E-state index is 0.347. The molecule has 1 heterocycles. The molecule has 116 valence electrons. The number of rotatable bonds is 5. The van der Waals surface area contributed by atoms with Crippen LogP contribution in [0.1, 0.15) is 64.0 Å². The lowest BCUT2D eigenvalue weighted by atomic mass is 9.82. The Morgan fingerprint density at radius 3 is 2.67 bits per heavy atom. The maximum absolute atomic E-state index is 5.49. The number of ether oxygens (including phenoxy) is 2. The van der Waals surface area contributed by atoms with Crippen LogP contribution >= 0.6 is 0 Å². The summed E-state index contributed by atoms with van der Waals surface area (Å²) in [7, 11) is 0. The van der Waals surface area contributed by atoms with Crippen LogP contribution in [0.3, 0.4) is 0 Å². The molecule has 2 unspecified atom stereocenters. The second-order valence-corrected chi connectivity index (χ2v) is 6.41. The van der Waals surface area contributed by atoms with Crippen LogP contribution in [0.25, 0.3) is 0 Å². The van der Waals surface area contributed by atoms with Gasteiger partial charge in [0.05, 0.1) is 0 Å². The summed E-state index contributed by atoms with van der Waals surface area (Å²) in [4.78, 5) is 0. The van der Waals surface area contributed by atoms with Gasteiger partial charge in [-0.2, -0.15) is 0 Å². The standard InChI is InChI=1S/C18H27NO2/c1-3-16(14-7-5-4-6-8-14)19-13(2)15-9-10-17-18(11-15)21-12-20-17/h9-11,13-14,16,19H,3-8,12H2,1-2H3. The molecule has 1 aromatic carbocycles. The smallest absolute Gasteiger partial charge is 0.231 e. The molecule has 1 aliphatic heterocycles. The van der Waals surface area contributed by atoms with Crippen LogP contribution in [0.15, 0.2) is 18.2 Å². The van der Waals surface area contributed by atoms with Crippen molar-refractivity contribution in [2.45, 2.75) is 64.5 Å². The molecule has 0 aromatic heterocycles. The third kappa shape index (κ3) is 3.34. The van der Waals surface area contributed by atoms with Crippen LogP contribution in [0.2, 0.25) is 0 Å². The summed E-state index contributed by atoms with van der Waals surface area (Å²) in [5.74, 6) is 2.59. The second-order valence-electron chi connectivity index (χ2n) is 6.41. The van der Waals surface area contributed by atoms with E-state index in [0.717, 1.165) is 17.4 Å². The van der Waals surface area contributed by atoms with Crippen molar-refractivity contribution in [3.8, 4) is 11.5 Å². The van der Waals surface area contributed by atoms with Gasteiger partial charge in [-0.05, 0) is 49.8 Å². The van der Waals surface area contributed by atoms with Crippen LogP contribution in [0, 0.1) is 5.92 Å². The van der Waals surface area contributed by atoms with Gasteiger partial charge < -0.3 is 14.8 Å². The molecular formula is C18H27NO2. The quantitative estimate of drug-likeness (QED) is 0.870. The molecular weight excluding hydrogens is 262 g/mol. The minimum Gasteiger partial charge on any atom is -0.454 e. The van der Waals surface area contributed by atoms with E-state index < -0.39 is 0 Å². The number of fused-ring (bicyclic) bond motifs is 1. The molecule has 0 amide bonds. The van der Waals surface area contributed by atoms with Crippen molar-refractivity contribution in [1.29, 1.82) is 0 Å². The zero-order valence-corrected chi connectivity index (χ0v) is 13.2. The zero-order chi connectivity index (χ0) is 14.7. The Hall–Kier alpha value is -1.22. The summed E-state index contributed by atoms with van der Waals surface area (Å²) in [5.41, 5.74) is 1.29. The summed E-state index contributed by atoms with van der Waals surface area (Å²) < 4.78 is 10.9. The van der Waals surface area contributed by atoms with Gasteiger partial charge in [0.1, 0.15) is 0 Å². The molecule has 2 atom stereocenters. The zero-order valence-electron chi connectivity index (χ0n) is 13.2. The van der Waals surface area contributed by atoms with Gasteiger partial charge in [0.2, 0.25) is 6.79 Å². The summed E-state index contributed by atoms with van der Waals surface area (Å²) in [5, 5.41) is 3.85. The molecule has 1 fully saturated rings. The van der Waals surface area contributed by atoms with Gasteiger partial charge in [-0.25, -0.2) is 0 Å². The molecule has 1 N–H and O–H groups in total. The van der Waals surface area contributed by atoms with Crippen molar-refractivity contribution in [2.75, 3.05) is 6.79 Å². The van der Waals surface area contributed by atoms with E-state index in [1.807, 2.05) is 6.07 Å². The Labute approximate surface area is 128 Å². The Bertz CT molecular complexity index is 468. The van der Waals surface area contributed by atoms with E-state index in [1.165, 1.54) is 44.1 Å². The Kier molecular flexibility index (Phi) is 4.69. The van der Waals surface area contributed by atoms with Crippen molar-refractivity contribution in [2.24, 2.45) is 5.92 Å². The Morgan fingerprint density at radius 2 is 1.90 bits per heavy atom. The third-order valence-corrected chi connectivity index (χ3v) is 5.02. The van der Waals surface area contributed by atoms with Crippen molar-refractivity contribution < 1.29 is 9.47 Å². The highest BCUT2D eigenvalue weighted by molar-refractivity contribution is 5.45. The van der Waals surface area contributed by atoms with Crippen LogP contribution in [0.5, 0.6) is 11.5 Å². The van der Waals surface area contributed by atoms with Crippen LogP contribution in [-0.2, 0) is 0 Å². The Morgan fingerprint density at radius 1 is 1.14 bits per heavy atom. The van der Waals surface area contributed by atoms with E-state index in [0.29, 0.717) is 18.9 Å². The molecule has 1 aliphatic carbocycles. The first-order chi connectivity index (χ1) is 10.3. The van der Waals surface area contributed by atoms with Crippen LogP contribution in [0.4, 0.5) is 0 Å². The first kappa shape index (κ1) is 14.7. The van der Waals surface area contributed by atoms with Crippen LogP contribution in [-0.4, -0.2) is 12.8 Å². The summed E-state index contributed by atoms with van der Waals surface area (Å²) in [6.07, 6.45) is 8.21. The van der Waals surface area contributed by atoms with E-state index >= 15 is 0 Å². The number of hydrogen-bond acceptors (Lipinski definition) is 3. The molecule has 21 heavy (non-hydrogen) atoms. The van der Waals surface area contributed by atoms with E-state index in [-0.39, 0.29) is 0 Å². The molecule has 0 spiro atoms. The fourth-order valence-electron chi connectivity index (χ4n) is 3.72. The lowest BCUT2D eigenvalue weighted by Gasteiger charge is -2.32. The number of benzene rings is 1. The number of hydrogen-bond donors (Lipinski definition) is 1. The maximum Gasteiger partial charge on any atom is 0.231 e. The van der Waals surface area contributed by atoms with E-state index in [2.05, 4.69) is 31.3 Å². The highest BCUT2D eigenvalue weighted by Crippen LogP contribution is 2.35. The number of nitrogens with one attached hydrogen (secondary N) is 1. The van der Waals surface area contributed by atoms with Gasteiger partial charge in [-0.1, -0.05) is 32.3 Å². The monoisotopic (exact) mass is 289 g/mol. The largest absolute Gasteiger partial charge is 0.454 e. The highest BCUT2D eigenvalue weighted by atomic mass is 16.7.